The van der Waals surface area contributed by atoms with Gasteiger partial charge in [0.2, 0.25) is 0 Å². The van der Waals surface area contributed by atoms with Crippen molar-refractivity contribution in [3.8, 4) is 0 Å². The first-order valence-electron chi connectivity index (χ1n) is 6.70. The van der Waals surface area contributed by atoms with Crippen LogP contribution in [0, 0.1) is 18.8 Å². The maximum Gasteiger partial charge on any atom is 0.106 e. The van der Waals surface area contributed by atoms with Crippen LogP contribution in [0.5, 0.6) is 0 Å². The Bertz CT molecular complexity index is 442. The zero-order valence-electron chi connectivity index (χ0n) is 11.2. The van der Waals surface area contributed by atoms with Gasteiger partial charge >= 0.3 is 0 Å². The third kappa shape index (κ3) is 3.22. The fourth-order valence-electron chi connectivity index (χ4n) is 2.78. The normalized spacial score (nSPS) is 23.0. The lowest BCUT2D eigenvalue weighted by atomic mass is 10.1. The molecule has 2 unspecified atom stereocenters. The van der Waals surface area contributed by atoms with Crippen molar-refractivity contribution in [3.63, 3.8) is 0 Å². The van der Waals surface area contributed by atoms with Crippen LogP contribution in [0.1, 0.15) is 37.3 Å². The van der Waals surface area contributed by atoms with Gasteiger partial charge in [0, 0.05) is 17.8 Å². The first-order valence-corrected chi connectivity index (χ1v) is 7.11. The Morgan fingerprint density at radius 2 is 2.22 bits per heavy atom. The van der Waals surface area contributed by atoms with Crippen LogP contribution in [-0.2, 0) is 0 Å². The van der Waals surface area contributed by atoms with E-state index < -0.39 is 0 Å². The lowest BCUT2D eigenvalue weighted by Gasteiger charge is -2.15. The van der Waals surface area contributed by atoms with Crippen LogP contribution >= 0.6 is 12.2 Å². The minimum Gasteiger partial charge on any atom is -0.389 e. The summed E-state index contributed by atoms with van der Waals surface area (Å²) in [5.41, 5.74) is 9.04. The highest BCUT2D eigenvalue weighted by Crippen LogP contribution is 2.30. The topological polar surface area (TPSA) is 38.0 Å². The molecule has 0 heterocycles. The highest BCUT2D eigenvalue weighted by Gasteiger charge is 2.21. The molecule has 18 heavy (non-hydrogen) atoms. The van der Waals surface area contributed by atoms with Gasteiger partial charge in [-0.05, 0) is 49.3 Å². The third-order valence-electron chi connectivity index (χ3n) is 3.83. The molecule has 0 saturated heterocycles. The van der Waals surface area contributed by atoms with Gasteiger partial charge in [0.25, 0.3) is 0 Å². The fraction of sp³-hybridized carbons (Fsp3) is 0.533. The lowest BCUT2D eigenvalue weighted by molar-refractivity contribution is 0.537. The Balaban J connectivity index is 2.04. The van der Waals surface area contributed by atoms with E-state index in [-0.39, 0.29) is 0 Å². The second-order valence-corrected chi connectivity index (χ2v) is 6.02. The van der Waals surface area contributed by atoms with E-state index in [0.717, 1.165) is 29.6 Å². The van der Waals surface area contributed by atoms with Crippen molar-refractivity contribution < 1.29 is 0 Å². The second kappa shape index (κ2) is 5.70. The zero-order valence-corrected chi connectivity index (χ0v) is 12.0. The number of hydrogen-bond donors (Lipinski definition) is 2. The molecular formula is C15H22N2S. The lowest BCUT2D eigenvalue weighted by Crippen LogP contribution is -2.17. The molecular weight excluding hydrogens is 240 g/mol. The molecule has 3 N–H and O–H groups in total. The van der Waals surface area contributed by atoms with Crippen molar-refractivity contribution in [2.75, 3.05) is 11.9 Å². The summed E-state index contributed by atoms with van der Waals surface area (Å²) >= 11 is 5.10. The summed E-state index contributed by atoms with van der Waals surface area (Å²) in [6, 6.07) is 6.20. The van der Waals surface area contributed by atoms with Crippen LogP contribution in [0.3, 0.4) is 0 Å². The predicted octanol–water partition coefficient (Wildman–Crippen LogP) is 3.48. The van der Waals surface area contributed by atoms with Crippen molar-refractivity contribution in [2.45, 2.75) is 33.1 Å². The summed E-state index contributed by atoms with van der Waals surface area (Å²) in [4.78, 5) is 0.470. The van der Waals surface area contributed by atoms with Crippen LogP contribution in [0.25, 0.3) is 0 Å². The minimum atomic E-state index is 0.470. The predicted molar refractivity (Wildman–Crippen MR) is 82.1 cm³/mol. The van der Waals surface area contributed by atoms with E-state index >= 15 is 0 Å². The molecule has 1 aliphatic carbocycles. The maximum absolute atomic E-state index is 5.76. The van der Waals surface area contributed by atoms with Gasteiger partial charge in [-0.2, -0.15) is 0 Å². The van der Waals surface area contributed by atoms with Gasteiger partial charge in [-0.15, -0.1) is 0 Å². The average Bonchev–Trinajstić information content (AvgIpc) is 2.72. The van der Waals surface area contributed by atoms with Crippen molar-refractivity contribution in [1.29, 1.82) is 0 Å². The first kappa shape index (κ1) is 13.3. The number of benzene rings is 1. The highest BCUT2D eigenvalue weighted by molar-refractivity contribution is 7.80. The van der Waals surface area contributed by atoms with Gasteiger partial charge < -0.3 is 11.1 Å². The summed E-state index contributed by atoms with van der Waals surface area (Å²) in [5, 5.41) is 3.53. The highest BCUT2D eigenvalue weighted by atomic mass is 32.1. The molecule has 1 aromatic rings. The van der Waals surface area contributed by atoms with Crippen molar-refractivity contribution in [1.82, 2.24) is 0 Å². The molecule has 0 aromatic heterocycles. The molecule has 3 heteroatoms. The Morgan fingerprint density at radius 3 is 2.83 bits per heavy atom. The molecule has 0 aliphatic heterocycles. The fourth-order valence-corrected chi connectivity index (χ4v) is 2.96. The SMILES string of the molecule is Cc1ccc(C(N)=S)c(NCC2CCC(C)C2)c1. The van der Waals surface area contributed by atoms with Crippen LogP contribution in [0.2, 0.25) is 0 Å². The molecule has 0 bridgehead atoms. The second-order valence-electron chi connectivity index (χ2n) is 5.58. The third-order valence-corrected chi connectivity index (χ3v) is 4.05. The van der Waals surface area contributed by atoms with E-state index in [2.05, 4.69) is 31.3 Å². The molecule has 1 aliphatic rings. The Labute approximate surface area is 115 Å². The van der Waals surface area contributed by atoms with E-state index in [1.807, 2.05) is 6.07 Å². The van der Waals surface area contributed by atoms with Gasteiger partial charge in [0.05, 0.1) is 0 Å². The van der Waals surface area contributed by atoms with Gasteiger partial charge in [-0.1, -0.05) is 31.6 Å². The quantitative estimate of drug-likeness (QED) is 0.816. The standard InChI is InChI=1S/C15H22N2S/c1-10-3-5-12(7-10)9-17-14-8-11(2)4-6-13(14)15(16)18/h4,6,8,10,12,17H,3,5,7,9H2,1-2H3,(H2,16,18). The minimum absolute atomic E-state index is 0.470. The van der Waals surface area contributed by atoms with Crippen LogP contribution in [0.4, 0.5) is 5.69 Å². The molecule has 1 fully saturated rings. The monoisotopic (exact) mass is 262 g/mol. The number of nitrogens with one attached hydrogen (secondary N) is 1. The molecule has 2 rings (SSSR count). The molecule has 2 atom stereocenters. The Morgan fingerprint density at radius 1 is 1.44 bits per heavy atom. The van der Waals surface area contributed by atoms with Crippen LogP contribution < -0.4 is 11.1 Å². The maximum atomic E-state index is 5.76. The number of hydrogen-bond acceptors (Lipinski definition) is 2. The van der Waals surface area contributed by atoms with Crippen molar-refractivity contribution in [3.05, 3.63) is 29.3 Å². The number of nitrogens with two attached hydrogens (primary N) is 1. The average molecular weight is 262 g/mol. The number of aryl methyl sites for hydroxylation is 1. The van der Waals surface area contributed by atoms with Crippen LogP contribution in [0.15, 0.2) is 18.2 Å². The van der Waals surface area contributed by atoms with E-state index in [4.69, 9.17) is 18.0 Å². The Hall–Kier alpha value is -1.09. The molecule has 1 saturated carbocycles. The van der Waals surface area contributed by atoms with Gasteiger partial charge in [0.1, 0.15) is 4.99 Å². The van der Waals surface area contributed by atoms with Crippen molar-refractivity contribution in [2.24, 2.45) is 17.6 Å². The first-order chi connectivity index (χ1) is 8.56. The summed E-state index contributed by atoms with van der Waals surface area (Å²) in [6.45, 7) is 5.46. The van der Waals surface area contributed by atoms with E-state index in [9.17, 15) is 0 Å². The van der Waals surface area contributed by atoms with Gasteiger partial charge in [-0.3, -0.25) is 0 Å². The molecule has 0 radical (unpaired) electrons. The van der Waals surface area contributed by atoms with E-state index in [1.54, 1.807) is 0 Å². The van der Waals surface area contributed by atoms with Crippen LogP contribution in [-0.4, -0.2) is 11.5 Å². The molecule has 1 aromatic carbocycles. The van der Waals surface area contributed by atoms with Gasteiger partial charge in [-0.25, -0.2) is 0 Å². The summed E-state index contributed by atoms with van der Waals surface area (Å²) < 4.78 is 0. The molecule has 98 valence electrons. The zero-order chi connectivity index (χ0) is 13.1. The largest absolute Gasteiger partial charge is 0.389 e. The molecule has 0 amide bonds. The number of thiocarbonyl (C=S) groups is 1. The van der Waals surface area contributed by atoms with E-state index in [1.165, 1.54) is 24.8 Å². The summed E-state index contributed by atoms with van der Waals surface area (Å²) in [6.07, 6.45) is 4.03. The molecule has 0 spiro atoms. The summed E-state index contributed by atoms with van der Waals surface area (Å²) in [5.74, 6) is 1.67. The van der Waals surface area contributed by atoms with E-state index in [0.29, 0.717) is 4.99 Å². The number of rotatable bonds is 4. The Kier molecular flexibility index (Phi) is 4.23. The summed E-state index contributed by atoms with van der Waals surface area (Å²) in [7, 11) is 0. The van der Waals surface area contributed by atoms with Crippen molar-refractivity contribution >= 4 is 22.9 Å². The smallest absolute Gasteiger partial charge is 0.106 e. The van der Waals surface area contributed by atoms with Gasteiger partial charge in [0.15, 0.2) is 0 Å². The molecule has 2 nitrogen and oxygen atoms in total. The number of anilines is 1.